The topological polar surface area (TPSA) is 63.3 Å². The van der Waals surface area contributed by atoms with Crippen LogP contribution < -0.4 is 5.32 Å². The van der Waals surface area contributed by atoms with Gasteiger partial charge in [0.15, 0.2) is 0 Å². The van der Waals surface area contributed by atoms with Crippen molar-refractivity contribution in [2.75, 3.05) is 19.6 Å². The molecule has 6 heteroatoms. The normalized spacial score (nSPS) is 18.2. The number of rotatable bonds is 7. The number of imidazole rings is 1. The molecule has 1 saturated heterocycles. The molecule has 3 heterocycles. The summed E-state index contributed by atoms with van der Waals surface area (Å²) in [5, 5.41) is 3.09. The smallest absolute Gasteiger partial charge is 0.222 e. The third-order valence-corrected chi connectivity index (χ3v) is 4.71. The lowest BCUT2D eigenvalue weighted by atomic mass is 10.1. The van der Waals surface area contributed by atoms with Gasteiger partial charge in [0.1, 0.15) is 5.76 Å². The molecule has 2 aromatic heterocycles. The van der Waals surface area contributed by atoms with Crippen LogP contribution in [0.3, 0.4) is 0 Å². The minimum absolute atomic E-state index is 0.0600. The molecule has 0 aliphatic carbocycles. The van der Waals surface area contributed by atoms with Crippen molar-refractivity contribution in [1.29, 1.82) is 0 Å². The van der Waals surface area contributed by atoms with E-state index in [2.05, 4.69) is 15.2 Å². The fourth-order valence-corrected chi connectivity index (χ4v) is 3.31. The van der Waals surface area contributed by atoms with Crippen LogP contribution in [0, 0.1) is 0 Å². The van der Waals surface area contributed by atoms with Gasteiger partial charge in [0.05, 0.1) is 18.6 Å². The van der Waals surface area contributed by atoms with Crippen molar-refractivity contribution in [3.63, 3.8) is 0 Å². The van der Waals surface area contributed by atoms with Gasteiger partial charge in [-0.15, -0.1) is 0 Å². The second-order valence-corrected chi connectivity index (χ2v) is 6.49. The summed E-state index contributed by atoms with van der Waals surface area (Å²) in [6, 6.07) is 4.13. The Labute approximate surface area is 142 Å². The van der Waals surface area contributed by atoms with E-state index >= 15 is 0 Å². The first-order valence-electron chi connectivity index (χ1n) is 8.75. The van der Waals surface area contributed by atoms with Gasteiger partial charge < -0.3 is 14.3 Å². The van der Waals surface area contributed by atoms with Crippen LogP contribution in [-0.2, 0) is 4.79 Å². The first kappa shape index (κ1) is 16.8. The quantitative estimate of drug-likeness (QED) is 0.848. The number of carbonyl (C=O) groups excluding carboxylic acids is 1. The Bertz CT molecular complexity index is 603. The summed E-state index contributed by atoms with van der Waals surface area (Å²) in [5.74, 6) is 0.990. The molecule has 6 nitrogen and oxygen atoms in total. The number of amides is 1. The third-order valence-electron chi connectivity index (χ3n) is 4.71. The number of hydrogen-bond acceptors (Lipinski definition) is 4. The summed E-state index contributed by atoms with van der Waals surface area (Å²) in [7, 11) is 0. The standard InChI is InChI=1S/C18H26N4O2/c1-15(22-10-7-19-14-22)12-18(23)20-13-16(17-6-5-11-24-17)21-8-3-2-4-9-21/h5-7,10-11,14-16H,2-4,8-9,12-13H2,1H3,(H,20,23)/t15-,16+/m0/s1. The Hall–Kier alpha value is -2.08. The van der Waals surface area contributed by atoms with Gasteiger partial charge in [-0.2, -0.15) is 0 Å². The summed E-state index contributed by atoms with van der Waals surface area (Å²) < 4.78 is 7.57. The lowest BCUT2D eigenvalue weighted by molar-refractivity contribution is -0.122. The number of nitrogens with one attached hydrogen (secondary N) is 1. The maximum Gasteiger partial charge on any atom is 0.222 e. The highest BCUT2D eigenvalue weighted by atomic mass is 16.3. The molecule has 3 rings (SSSR count). The average Bonchev–Trinajstić information content (AvgIpc) is 3.30. The average molecular weight is 330 g/mol. The number of piperidine rings is 1. The number of hydrogen-bond donors (Lipinski definition) is 1. The lowest BCUT2D eigenvalue weighted by Crippen LogP contribution is -2.40. The van der Waals surface area contributed by atoms with E-state index in [-0.39, 0.29) is 18.0 Å². The highest BCUT2D eigenvalue weighted by Crippen LogP contribution is 2.24. The lowest BCUT2D eigenvalue weighted by Gasteiger charge is -2.33. The van der Waals surface area contributed by atoms with E-state index < -0.39 is 0 Å². The molecule has 1 aliphatic heterocycles. The number of likely N-dealkylation sites (tertiary alicyclic amines) is 1. The molecule has 2 aromatic rings. The second kappa shape index (κ2) is 8.15. The van der Waals surface area contributed by atoms with Gasteiger partial charge in [0.25, 0.3) is 0 Å². The van der Waals surface area contributed by atoms with E-state index in [0.717, 1.165) is 18.8 Å². The molecule has 0 unspecified atom stereocenters. The summed E-state index contributed by atoms with van der Waals surface area (Å²) in [6.45, 7) is 4.73. The Morgan fingerprint density at radius 1 is 1.38 bits per heavy atom. The number of nitrogens with zero attached hydrogens (tertiary/aromatic N) is 3. The minimum Gasteiger partial charge on any atom is -0.468 e. The summed E-state index contributed by atoms with van der Waals surface area (Å²) >= 11 is 0. The highest BCUT2D eigenvalue weighted by molar-refractivity contribution is 5.76. The Balaban J connectivity index is 1.55. The van der Waals surface area contributed by atoms with Crippen LogP contribution in [0.25, 0.3) is 0 Å². The summed E-state index contributed by atoms with van der Waals surface area (Å²) in [4.78, 5) is 18.8. The molecule has 1 N–H and O–H groups in total. The van der Waals surface area contributed by atoms with Crippen LogP contribution in [-0.4, -0.2) is 40.0 Å². The van der Waals surface area contributed by atoms with Gasteiger partial charge in [-0.05, 0) is 45.0 Å². The van der Waals surface area contributed by atoms with Crippen LogP contribution >= 0.6 is 0 Å². The van der Waals surface area contributed by atoms with E-state index in [9.17, 15) is 4.79 Å². The van der Waals surface area contributed by atoms with Crippen molar-refractivity contribution in [3.8, 4) is 0 Å². The van der Waals surface area contributed by atoms with E-state index in [1.54, 1.807) is 18.8 Å². The fraction of sp³-hybridized carbons (Fsp3) is 0.556. The van der Waals surface area contributed by atoms with E-state index in [4.69, 9.17) is 4.42 Å². The largest absolute Gasteiger partial charge is 0.468 e. The predicted octanol–water partition coefficient (Wildman–Crippen LogP) is 2.77. The number of furan rings is 1. The Morgan fingerprint density at radius 3 is 2.88 bits per heavy atom. The second-order valence-electron chi connectivity index (χ2n) is 6.49. The van der Waals surface area contributed by atoms with Crippen molar-refractivity contribution >= 4 is 5.91 Å². The first-order chi connectivity index (χ1) is 11.7. The monoisotopic (exact) mass is 330 g/mol. The summed E-state index contributed by atoms with van der Waals surface area (Å²) in [5.41, 5.74) is 0. The zero-order chi connectivity index (χ0) is 16.8. The zero-order valence-electron chi connectivity index (χ0n) is 14.2. The Kier molecular flexibility index (Phi) is 5.69. The van der Waals surface area contributed by atoms with Gasteiger partial charge in [-0.25, -0.2) is 4.98 Å². The SMILES string of the molecule is C[C@@H](CC(=O)NC[C@H](c1ccco1)N1CCCCC1)n1ccnc1. The van der Waals surface area contributed by atoms with Gasteiger partial charge in [0, 0.05) is 31.4 Å². The molecule has 24 heavy (non-hydrogen) atoms. The van der Waals surface area contributed by atoms with Crippen LogP contribution in [0.5, 0.6) is 0 Å². The molecule has 0 radical (unpaired) electrons. The van der Waals surface area contributed by atoms with Gasteiger partial charge in [0.2, 0.25) is 5.91 Å². The van der Waals surface area contributed by atoms with E-state index in [1.807, 2.05) is 29.8 Å². The summed E-state index contributed by atoms with van der Waals surface area (Å²) in [6.07, 6.45) is 11.2. The molecular weight excluding hydrogens is 304 g/mol. The fourth-order valence-electron chi connectivity index (χ4n) is 3.31. The van der Waals surface area contributed by atoms with Crippen molar-refractivity contribution in [2.45, 2.75) is 44.7 Å². The molecule has 130 valence electrons. The van der Waals surface area contributed by atoms with E-state index in [0.29, 0.717) is 13.0 Å². The van der Waals surface area contributed by atoms with Gasteiger partial charge >= 0.3 is 0 Å². The molecule has 2 atom stereocenters. The maximum absolute atomic E-state index is 12.3. The molecular formula is C18H26N4O2. The molecule has 1 amide bonds. The molecule has 1 fully saturated rings. The van der Waals surface area contributed by atoms with Crippen molar-refractivity contribution in [2.24, 2.45) is 0 Å². The molecule has 0 saturated carbocycles. The van der Waals surface area contributed by atoms with Gasteiger partial charge in [-0.3, -0.25) is 9.69 Å². The number of carbonyl (C=O) groups is 1. The third kappa shape index (κ3) is 4.26. The predicted molar refractivity (Wildman–Crippen MR) is 91.4 cm³/mol. The first-order valence-corrected chi connectivity index (χ1v) is 8.75. The van der Waals surface area contributed by atoms with Crippen LogP contribution in [0.4, 0.5) is 0 Å². The number of aromatic nitrogens is 2. The zero-order valence-corrected chi connectivity index (χ0v) is 14.2. The van der Waals surface area contributed by atoms with E-state index in [1.165, 1.54) is 19.3 Å². The maximum atomic E-state index is 12.3. The highest BCUT2D eigenvalue weighted by Gasteiger charge is 2.25. The molecule has 1 aliphatic rings. The van der Waals surface area contributed by atoms with Crippen molar-refractivity contribution in [3.05, 3.63) is 42.9 Å². The van der Waals surface area contributed by atoms with Crippen LogP contribution in [0.2, 0.25) is 0 Å². The van der Waals surface area contributed by atoms with Crippen LogP contribution in [0.15, 0.2) is 41.5 Å². The van der Waals surface area contributed by atoms with Crippen molar-refractivity contribution in [1.82, 2.24) is 19.8 Å². The molecule has 0 aromatic carbocycles. The Morgan fingerprint density at radius 2 is 2.21 bits per heavy atom. The minimum atomic E-state index is 0.0600. The van der Waals surface area contributed by atoms with Gasteiger partial charge in [-0.1, -0.05) is 6.42 Å². The molecule has 0 bridgehead atoms. The van der Waals surface area contributed by atoms with Crippen LogP contribution in [0.1, 0.15) is 50.5 Å². The molecule has 0 spiro atoms. The van der Waals surface area contributed by atoms with Crippen molar-refractivity contribution < 1.29 is 9.21 Å².